The number of nitrogens with zero attached hydrogens (tertiary/aromatic N) is 6. The Bertz CT molecular complexity index is 1340. The lowest BCUT2D eigenvalue weighted by atomic mass is 10.1. The van der Waals surface area contributed by atoms with Crippen LogP contribution in [0.25, 0.3) is 22.6 Å². The van der Waals surface area contributed by atoms with E-state index in [4.69, 9.17) is 4.74 Å². The second-order valence-electron chi connectivity index (χ2n) is 8.83. The predicted octanol–water partition coefficient (Wildman–Crippen LogP) is 5.17. The summed E-state index contributed by atoms with van der Waals surface area (Å²) in [7, 11) is 0. The number of piperidine rings is 1. The fourth-order valence-electron chi connectivity index (χ4n) is 4.50. The molecule has 0 N–H and O–H groups in total. The molecule has 0 spiro atoms. The lowest BCUT2D eigenvalue weighted by Crippen LogP contribution is -2.36. The standard InChI is InChI=1S/C28H29FN6O/c1-2-23(36-24-11-16-34(17-12-24)20-21-10-14-31-32-19-21)6-5-15-35-27-9-8-22(29)18-26(27)33-28(35)25-7-3-4-13-30-25/h2-10,13-14,18-19,24H,11-12,15-17,20H2,1H3/b6-5-,23-2+. The van der Waals surface area contributed by atoms with E-state index in [1.807, 2.05) is 54.1 Å². The maximum atomic E-state index is 13.8. The lowest BCUT2D eigenvalue weighted by Gasteiger charge is -2.32. The summed E-state index contributed by atoms with van der Waals surface area (Å²) in [6.45, 7) is 5.41. The number of benzene rings is 1. The molecule has 0 radical (unpaired) electrons. The summed E-state index contributed by atoms with van der Waals surface area (Å²) < 4.78 is 22.2. The van der Waals surface area contributed by atoms with Crippen LogP contribution in [0.5, 0.6) is 0 Å². The van der Waals surface area contributed by atoms with Crippen LogP contribution < -0.4 is 0 Å². The third-order valence-electron chi connectivity index (χ3n) is 6.35. The Kier molecular flexibility index (Phi) is 7.42. The van der Waals surface area contributed by atoms with Crippen LogP contribution in [0, 0.1) is 5.82 Å². The number of rotatable bonds is 8. The van der Waals surface area contributed by atoms with Crippen LogP contribution in [0.3, 0.4) is 0 Å². The molecule has 0 unspecified atom stereocenters. The van der Waals surface area contributed by atoms with Crippen molar-refractivity contribution in [3.8, 4) is 11.5 Å². The van der Waals surface area contributed by atoms with Crippen molar-refractivity contribution in [1.29, 1.82) is 0 Å². The van der Waals surface area contributed by atoms with Gasteiger partial charge in [0.1, 0.15) is 23.4 Å². The number of fused-ring (bicyclic) bond motifs is 1. The summed E-state index contributed by atoms with van der Waals surface area (Å²) in [6.07, 6.45) is 13.5. The molecule has 0 amide bonds. The molecule has 0 aliphatic carbocycles. The number of likely N-dealkylation sites (tertiary alicyclic amines) is 1. The molecular weight excluding hydrogens is 455 g/mol. The molecule has 1 saturated heterocycles. The number of aromatic nitrogens is 5. The van der Waals surface area contributed by atoms with E-state index in [1.165, 1.54) is 17.7 Å². The Morgan fingerprint density at radius 2 is 2.00 bits per heavy atom. The van der Waals surface area contributed by atoms with Crippen molar-refractivity contribution in [3.05, 3.63) is 96.4 Å². The molecule has 4 heterocycles. The molecule has 5 rings (SSSR count). The maximum Gasteiger partial charge on any atom is 0.160 e. The van der Waals surface area contributed by atoms with Crippen LogP contribution in [0.1, 0.15) is 25.3 Å². The average Bonchev–Trinajstić information content (AvgIpc) is 3.27. The molecule has 7 nitrogen and oxygen atoms in total. The number of imidazole rings is 1. The van der Waals surface area contributed by atoms with E-state index < -0.39 is 0 Å². The molecule has 3 aromatic heterocycles. The highest BCUT2D eigenvalue weighted by molar-refractivity contribution is 5.80. The molecule has 1 fully saturated rings. The fraction of sp³-hybridized carbons (Fsp3) is 0.286. The molecule has 36 heavy (non-hydrogen) atoms. The molecule has 0 bridgehead atoms. The van der Waals surface area contributed by atoms with E-state index in [2.05, 4.69) is 31.1 Å². The SMILES string of the molecule is C/C=C(\C=C/Cn1c(-c2ccccn2)nc2cc(F)ccc21)OC1CCN(Cc2ccnnc2)CC1. The first-order chi connectivity index (χ1) is 17.7. The first-order valence-corrected chi connectivity index (χ1v) is 12.2. The number of halogens is 1. The van der Waals surface area contributed by atoms with Gasteiger partial charge in [0, 0.05) is 44.6 Å². The van der Waals surface area contributed by atoms with Gasteiger partial charge >= 0.3 is 0 Å². The molecular formula is C28H29FN6O. The van der Waals surface area contributed by atoms with Crippen LogP contribution in [-0.2, 0) is 17.8 Å². The van der Waals surface area contributed by atoms with Crippen molar-refractivity contribution in [2.75, 3.05) is 13.1 Å². The van der Waals surface area contributed by atoms with Gasteiger partial charge in [-0.05, 0) is 67.8 Å². The van der Waals surface area contributed by atoms with Crippen molar-refractivity contribution >= 4 is 11.0 Å². The minimum atomic E-state index is -0.302. The second-order valence-corrected chi connectivity index (χ2v) is 8.83. The molecule has 4 aromatic rings. The molecule has 0 atom stereocenters. The smallest absolute Gasteiger partial charge is 0.160 e. The van der Waals surface area contributed by atoms with Gasteiger partial charge in [0.15, 0.2) is 5.82 Å². The predicted molar refractivity (Wildman–Crippen MR) is 137 cm³/mol. The number of hydrogen-bond donors (Lipinski definition) is 0. The molecule has 8 heteroatoms. The van der Waals surface area contributed by atoms with E-state index in [0.29, 0.717) is 17.9 Å². The van der Waals surface area contributed by atoms with Crippen LogP contribution in [0.2, 0.25) is 0 Å². The van der Waals surface area contributed by atoms with Crippen molar-refractivity contribution in [3.63, 3.8) is 0 Å². The van der Waals surface area contributed by atoms with Crippen molar-refractivity contribution in [2.24, 2.45) is 0 Å². The highest BCUT2D eigenvalue weighted by Gasteiger charge is 2.21. The topological polar surface area (TPSA) is 69.0 Å². The molecule has 1 aliphatic heterocycles. The summed E-state index contributed by atoms with van der Waals surface area (Å²) in [5.74, 6) is 1.26. The quantitative estimate of drug-likeness (QED) is 0.254. The lowest BCUT2D eigenvalue weighted by molar-refractivity contribution is 0.0529. The van der Waals surface area contributed by atoms with Crippen LogP contribution in [0.4, 0.5) is 4.39 Å². The highest BCUT2D eigenvalue weighted by atomic mass is 19.1. The first kappa shape index (κ1) is 23.8. The molecule has 1 aliphatic rings. The van der Waals surface area contributed by atoms with Gasteiger partial charge in [0.2, 0.25) is 0 Å². The van der Waals surface area contributed by atoms with Gasteiger partial charge in [-0.15, -0.1) is 0 Å². The molecule has 1 aromatic carbocycles. The minimum absolute atomic E-state index is 0.189. The average molecular weight is 485 g/mol. The normalized spacial score (nSPS) is 15.7. The van der Waals surface area contributed by atoms with Crippen LogP contribution in [-0.4, -0.2) is 48.8 Å². The highest BCUT2D eigenvalue weighted by Crippen LogP contribution is 2.25. The van der Waals surface area contributed by atoms with Crippen molar-refractivity contribution < 1.29 is 9.13 Å². The van der Waals surface area contributed by atoms with E-state index in [-0.39, 0.29) is 11.9 Å². The third kappa shape index (κ3) is 5.66. The van der Waals surface area contributed by atoms with Gasteiger partial charge in [0.05, 0.1) is 17.2 Å². The number of ether oxygens (including phenoxy) is 1. The summed E-state index contributed by atoms with van der Waals surface area (Å²) >= 11 is 0. The molecule has 184 valence electrons. The van der Waals surface area contributed by atoms with E-state index in [1.54, 1.807) is 18.5 Å². The first-order valence-electron chi connectivity index (χ1n) is 12.2. The third-order valence-corrected chi connectivity index (χ3v) is 6.35. The minimum Gasteiger partial charge on any atom is -0.491 e. The summed E-state index contributed by atoms with van der Waals surface area (Å²) in [4.78, 5) is 11.5. The van der Waals surface area contributed by atoms with Crippen molar-refractivity contribution in [1.82, 2.24) is 29.6 Å². The number of hydrogen-bond acceptors (Lipinski definition) is 6. The van der Waals surface area contributed by atoms with Gasteiger partial charge in [-0.2, -0.15) is 10.2 Å². The van der Waals surface area contributed by atoms with Gasteiger partial charge < -0.3 is 9.30 Å². The Morgan fingerprint density at radius 1 is 1.11 bits per heavy atom. The van der Waals surface area contributed by atoms with E-state index in [0.717, 1.165) is 49.4 Å². The Morgan fingerprint density at radius 3 is 2.75 bits per heavy atom. The van der Waals surface area contributed by atoms with Gasteiger partial charge in [-0.1, -0.05) is 12.1 Å². The summed E-state index contributed by atoms with van der Waals surface area (Å²) in [6, 6.07) is 12.4. The van der Waals surface area contributed by atoms with Gasteiger partial charge in [-0.25, -0.2) is 9.37 Å². The largest absolute Gasteiger partial charge is 0.491 e. The van der Waals surface area contributed by atoms with Crippen LogP contribution in [0.15, 0.2) is 85.0 Å². The molecule has 0 saturated carbocycles. The Hall–Kier alpha value is -3.91. The zero-order chi connectivity index (χ0) is 24.7. The maximum absolute atomic E-state index is 13.8. The Balaban J connectivity index is 1.23. The van der Waals surface area contributed by atoms with Gasteiger partial charge in [-0.3, -0.25) is 9.88 Å². The second kappa shape index (κ2) is 11.2. The zero-order valence-electron chi connectivity index (χ0n) is 20.3. The Labute approximate surface area is 210 Å². The van der Waals surface area contributed by atoms with Gasteiger partial charge in [0.25, 0.3) is 0 Å². The van der Waals surface area contributed by atoms with E-state index in [9.17, 15) is 4.39 Å². The van der Waals surface area contributed by atoms with Crippen molar-refractivity contribution in [2.45, 2.75) is 39.0 Å². The monoisotopic (exact) mass is 484 g/mol. The summed E-state index contributed by atoms with van der Waals surface area (Å²) in [5, 5.41) is 7.81. The fourth-order valence-corrected chi connectivity index (χ4v) is 4.50. The number of allylic oxidation sites excluding steroid dienone is 3. The number of pyridine rings is 1. The zero-order valence-corrected chi connectivity index (χ0v) is 20.3. The summed E-state index contributed by atoms with van der Waals surface area (Å²) in [5.41, 5.74) is 3.41. The van der Waals surface area contributed by atoms with Crippen LogP contribution >= 0.6 is 0 Å². The van der Waals surface area contributed by atoms with E-state index >= 15 is 0 Å².